The third-order valence-corrected chi connectivity index (χ3v) is 4.59. The average molecular weight is 298 g/mol. The maximum absolute atomic E-state index is 11.5. The normalized spacial score (nSPS) is 23.9. The first-order valence-corrected chi connectivity index (χ1v) is 7.69. The number of hydrogen-bond acceptors (Lipinski definition) is 5. The van der Waals surface area contributed by atoms with Crippen LogP contribution in [0.2, 0.25) is 0 Å². The van der Waals surface area contributed by atoms with Crippen molar-refractivity contribution in [3.63, 3.8) is 0 Å². The summed E-state index contributed by atoms with van der Waals surface area (Å²) in [5.41, 5.74) is 3.08. The summed E-state index contributed by atoms with van der Waals surface area (Å²) in [6.07, 6.45) is 11.2. The highest BCUT2D eigenvalue weighted by molar-refractivity contribution is 5.73. The molecule has 0 radical (unpaired) electrons. The summed E-state index contributed by atoms with van der Waals surface area (Å²) in [5, 5.41) is 4.79. The first kappa shape index (κ1) is 13.4. The van der Waals surface area contributed by atoms with Gasteiger partial charge in [0.1, 0.15) is 0 Å². The van der Waals surface area contributed by atoms with Gasteiger partial charge in [-0.1, -0.05) is 0 Å². The van der Waals surface area contributed by atoms with E-state index >= 15 is 0 Å². The van der Waals surface area contributed by atoms with E-state index in [1.54, 1.807) is 18.6 Å². The summed E-state index contributed by atoms with van der Waals surface area (Å²) in [4.78, 5) is 20.1. The van der Waals surface area contributed by atoms with E-state index in [1.165, 1.54) is 20.0 Å². The number of hydrogen-bond donors (Lipinski definition) is 0. The number of rotatable bonds is 4. The summed E-state index contributed by atoms with van der Waals surface area (Å²) in [7, 11) is 1.45. The van der Waals surface area contributed by atoms with Gasteiger partial charge < -0.3 is 4.74 Å². The van der Waals surface area contributed by atoms with Gasteiger partial charge in [-0.15, -0.1) is 0 Å². The topological polar surface area (TPSA) is 69.9 Å². The van der Waals surface area contributed by atoms with Crippen LogP contribution in [0.5, 0.6) is 0 Å². The van der Waals surface area contributed by atoms with Gasteiger partial charge in [-0.25, -0.2) is 0 Å². The van der Waals surface area contributed by atoms with Crippen LogP contribution in [0.3, 0.4) is 0 Å². The summed E-state index contributed by atoms with van der Waals surface area (Å²) >= 11 is 0. The monoisotopic (exact) mass is 298 g/mol. The third-order valence-electron chi connectivity index (χ3n) is 4.59. The fourth-order valence-electron chi connectivity index (χ4n) is 3.05. The van der Waals surface area contributed by atoms with Crippen LogP contribution >= 0.6 is 0 Å². The maximum Gasteiger partial charge on any atom is 0.308 e. The molecule has 2 fully saturated rings. The van der Waals surface area contributed by atoms with Crippen LogP contribution in [0.15, 0.2) is 24.8 Å². The van der Waals surface area contributed by atoms with Crippen molar-refractivity contribution in [2.75, 3.05) is 7.11 Å². The zero-order chi connectivity index (χ0) is 15.1. The summed E-state index contributed by atoms with van der Waals surface area (Å²) in [6.45, 7) is 0. The molecule has 0 atom stereocenters. The molecule has 0 aliphatic heterocycles. The molecule has 0 saturated heterocycles. The standard InChI is InChI=1S/C16H18N4O2/c1-22-16(21)11-6-12(7-11)20-9-13(14-8-17-4-5-18-14)15(19-20)10-2-3-10/h4-5,8-12H,2-3,6-7H2,1H3. The molecule has 114 valence electrons. The zero-order valence-corrected chi connectivity index (χ0v) is 12.5. The summed E-state index contributed by atoms with van der Waals surface area (Å²) in [6, 6.07) is 0.284. The van der Waals surface area contributed by atoms with Gasteiger partial charge in [0.2, 0.25) is 0 Å². The van der Waals surface area contributed by atoms with E-state index in [-0.39, 0.29) is 17.9 Å². The molecule has 0 unspecified atom stereocenters. The lowest BCUT2D eigenvalue weighted by Gasteiger charge is -2.33. The van der Waals surface area contributed by atoms with Crippen molar-refractivity contribution in [2.45, 2.75) is 37.6 Å². The van der Waals surface area contributed by atoms with E-state index in [2.05, 4.69) is 16.2 Å². The second-order valence-electron chi connectivity index (χ2n) is 6.12. The van der Waals surface area contributed by atoms with Crippen molar-refractivity contribution in [3.8, 4) is 11.3 Å². The van der Waals surface area contributed by atoms with Crippen LogP contribution in [-0.2, 0) is 9.53 Å². The lowest BCUT2D eigenvalue weighted by molar-refractivity contribution is -0.149. The smallest absolute Gasteiger partial charge is 0.308 e. The number of carbonyl (C=O) groups excluding carboxylic acids is 1. The van der Waals surface area contributed by atoms with E-state index in [1.807, 2.05) is 4.68 Å². The molecular weight excluding hydrogens is 280 g/mol. The second kappa shape index (κ2) is 5.19. The molecule has 0 spiro atoms. The Bertz CT molecular complexity index is 687. The van der Waals surface area contributed by atoms with Crippen LogP contribution in [0.4, 0.5) is 0 Å². The molecule has 2 aliphatic rings. The fourth-order valence-corrected chi connectivity index (χ4v) is 3.05. The Morgan fingerprint density at radius 1 is 1.32 bits per heavy atom. The van der Waals surface area contributed by atoms with E-state index < -0.39 is 0 Å². The Morgan fingerprint density at radius 2 is 2.14 bits per heavy atom. The van der Waals surface area contributed by atoms with E-state index in [0.717, 1.165) is 29.8 Å². The molecule has 0 N–H and O–H groups in total. The second-order valence-corrected chi connectivity index (χ2v) is 6.12. The highest BCUT2D eigenvalue weighted by Crippen LogP contribution is 2.45. The van der Waals surface area contributed by atoms with E-state index in [0.29, 0.717) is 5.92 Å². The van der Waals surface area contributed by atoms with Gasteiger partial charge >= 0.3 is 5.97 Å². The van der Waals surface area contributed by atoms with Gasteiger partial charge in [-0.2, -0.15) is 5.10 Å². The highest BCUT2D eigenvalue weighted by Gasteiger charge is 2.38. The minimum Gasteiger partial charge on any atom is -0.469 e. The number of nitrogens with zero attached hydrogens (tertiary/aromatic N) is 4. The van der Waals surface area contributed by atoms with Crippen LogP contribution in [0.1, 0.15) is 43.3 Å². The predicted octanol–water partition coefficient (Wildman–Crippen LogP) is 2.34. The number of aromatic nitrogens is 4. The highest BCUT2D eigenvalue weighted by atomic mass is 16.5. The Balaban J connectivity index is 1.59. The van der Waals surface area contributed by atoms with Gasteiger partial charge in [0.25, 0.3) is 0 Å². The van der Waals surface area contributed by atoms with Crippen molar-refractivity contribution in [1.29, 1.82) is 0 Å². The molecule has 0 aromatic carbocycles. The minimum absolute atomic E-state index is 0.0172. The summed E-state index contributed by atoms with van der Waals surface area (Å²) in [5.74, 6) is 0.457. The van der Waals surface area contributed by atoms with Gasteiger partial charge in [-0.05, 0) is 25.7 Å². The number of esters is 1. The third kappa shape index (κ3) is 2.28. The Hall–Kier alpha value is -2.24. The average Bonchev–Trinajstić information content (AvgIpc) is 3.27. The molecule has 0 amide bonds. The Morgan fingerprint density at radius 3 is 2.77 bits per heavy atom. The molecule has 2 aliphatic carbocycles. The molecule has 6 heteroatoms. The van der Waals surface area contributed by atoms with Gasteiger partial charge in [0.15, 0.2) is 0 Å². The molecule has 2 saturated carbocycles. The van der Waals surface area contributed by atoms with Gasteiger partial charge in [-0.3, -0.25) is 19.4 Å². The SMILES string of the molecule is COC(=O)C1CC(n2cc(-c3cnccn3)c(C3CC3)n2)C1. The fraction of sp³-hybridized carbons (Fsp3) is 0.500. The number of ether oxygens (including phenoxy) is 1. The van der Waals surface area contributed by atoms with E-state index in [9.17, 15) is 4.79 Å². The molecule has 2 aromatic heterocycles. The lowest BCUT2D eigenvalue weighted by atomic mass is 9.80. The van der Waals surface area contributed by atoms with Crippen molar-refractivity contribution in [1.82, 2.24) is 19.7 Å². The van der Waals surface area contributed by atoms with Crippen LogP contribution in [0, 0.1) is 5.92 Å². The summed E-state index contributed by atoms with van der Waals surface area (Å²) < 4.78 is 6.81. The lowest BCUT2D eigenvalue weighted by Crippen LogP contribution is -2.33. The molecule has 6 nitrogen and oxygen atoms in total. The minimum atomic E-state index is -0.111. The molecule has 4 rings (SSSR count). The van der Waals surface area contributed by atoms with Gasteiger partial charge in [0, 0.05) is 30.1 Å². The first-order chi connectivity index (χ1) is 10.8. The van der Waals surface area contributed by atoms with Crippen molar-refractivity contribution < 1.29 is 9.53 Å². The van der Waals surface area contributed by atoms with Crippen LogP contribution < -0.4 is 0 Å². The van der Waals surface area contributed by atoms with Crippen LogP contribution in [0.25, 0.3) is 11.3 Å². The van der Waals surface area contributed by atoms with E-state index in [4.69, 9.17) is 9.84 Å². The first-order valence-electron chi connectivity index (χ1n) is 7.69. The number of methoxy groups -OCH3 is 1. The Kier molecular flexibility index (Phi) is 3.17. The molecule has 2 heterocycles. The zero-order valence-electron chi connectivity index (χ0n) is 12.5. The molecule has 2 aromatic rings. The van der Waals surface area contributed by atoms with Crippen molar-refractivity contribution in [2.24, 2.45) is 5.92 Å². The largest absolute Gasteiger partial charge is 0.469 e. The Labute approximate surface area is 128 Å². The molecule has 0 bridgehead atoms. The predicted molar refractivity (Wildman–Crippen MR) is 79.0 cm³/mol. The quantitative estimate of drug-likeness (QED) is 0.810. The maximum atomic E-state index is 11.5. The number of carbonyl (C=O) groups is 1. The van der Waals surface area contributed by atoms with Crippen molar-refractivity contribution >= 4 is 5.97 Å². The molecular formula is C16H18N4O2. The van der Waals surface area contributed by atoms with Crippen LogP contribution in [-0.4, -0.2) is 32.8 Å². The van der Waals surface area contributed by atoms with Crippen molar-refractivity contribution in [3.05, 3.63) is 30.5 Å². The molecule has 22 heavy (non-hydrogen) atoms. The van der Waals surface area contributed by atoms with Gasteiger partial charge in [0.05, 0.1) is 36.7 Å².